The van der Waals surface area contributed by atoms with Gasteiger partial charge in [-0.15, -0.1) is 0 Å². The first kappa shape index (κ1) is 15.9. The Morgan fingerprint density at radius 2 is 1.59 bits per heavy atom. The van der Waals surface area contributed by atoms with Crippen LogP contribution in [0.4, 0.5) is 0 Å². The second-order valence-electron chi connectivity index (χ2n) is 8.93. The second-order valence-corrected chi connectivity index (χ2v) is 12.7. The smallest absolute Gasteiger partial charge is 0.228 e. The van der Waals surface area contributed by atoms with E-state index in [1.807, 2.05) is 0 Å². The van der Waals surface area contributed by atoms with Crippen LogP contribution in [0.25, 0.3) is 0 Å². The molecule has 124 valence electrons. The summed E-state index contributed by atoms with van der Waals surface area (Å²) in [4.78, 5) is 12.8. The van der Waals surface area contributed by atoms with E-state index < -0.39 is 0 Å². The molecule has 0 aromatic heterocycles. The molecule has 22 heavy (non-hydrogen) atoms. The van der Waals surface area contributed by atoms with Crippen molar-refractivity contribution in [2.45, 2.75) is 74.5 Å². The molecule has 0 saturated heterocycles. The lowest BCUT2D eigenvalue weighted by Crippen LogP contribution is -2.57. The monoisotopic (exact) mass is 431 g/mol. The number of carbonyl (C=O) groups is 1. The van der Waals surface area contributed by atoms with Crippen LogP contribution in [0.1, 0.15) is 65.2 Å². The fourth-order valence-corrected chi connectivity index (χ4v) is 7.74. The summed E-state index contributed by atoms with van der Waals surface area (Å²) in [7, 11) is 0. The van der Waals surface area contributed by atoms with E-state index in [1.165, 1.54) is 38.5 Å². The minimum Gasteiger partial charge on any atom is -0.352 e. The van der Waals surface area contributed by atoms with Gasteiger partial charge in [-0.05, 0) is 81.5 Å². The van der Waals surface area contributed by atoms with E-state index in [9.17, 15) is 4.79 Å². The first-order valence-corrected chi connectivity index (χ1v) is 10.6. The molecule has 2 atom stereocenters. The Morgan fingerprint density at radius 1 is 1.14 bits per heavy atom. The molecule has 5 aliphatic carbocycles. The van der Waals surface area contributed by atoms with E-state index in [0.717, 1.165) is 30.6 Å². The maximum absolute atomic E-state index is 12.8. The van der Waals surface area contributed by atoms with Crippen LogP contribution in [0.3, 0.4) is 0 Å². The summed E-state index contributed by atoms with van der Waals surface area (Å²) in [6, 6.07) is 0.377. The molecule has 2 unspecified atom stereocenters. The summed E-state index contributed by atoms with van der Waals surface area (Å²) in [6.45, 7) is 4.33. The van der Waals surface area contributed by atoms with Crippen LogP contribution in [0, 0.1) is 28.6 Å². The van der Waals surface area contributed by atoms with Crippen molar-refractivity contribution in [3.8, 4) is 0 Å². The van der Waals surface area contributed by atoms with Crippen molar-refractivity contribution in [3.05, 3.63) is 0 Å². The lowest BCUT2D eigenvalue weighted by Gasteiger charge is -2.59. The molecule has 0 aromatic carbocycles. The van der Waals surface area contributed by atoms with Gasteiger partial charge in [-0.3, -0.25) is 4.79 Å². The predicted octanol–water partition coefficient (Wildman–Crippen LogP) is 4.99. The van der Waals surface area contributed by atoms with Gasteiger partial charge in [0.25, 0.3) is 0 Å². The number of alkyl halides is 2. The first-order chi connectivity index (χ1) is 10.3. The second kappa shape index (κ2) is 4.97. The largest absolute Gasteiger partial charge is 0.352 e. The molecule has 1 amide bonds. The highest BCUT2D eigenvalue weighted by atomic mass is 79.9. The Morgan fingerprint density at radius 3 is 1.95 bits per heavy atom. The van der Waals surface area contributed by atoms with Gasteiger partial charge in [-0.1, -0.05) is 38.8 Å². The summed E-state index contributed by atoms with van der Waals surface area (Å²) < 4.78 is -0.184. The normalized spacial score (nSPS) is 49.0. The summed E-state index contributed by atoms with van der Waals surface area (Å²) in [5.74, 6) is 3.07. The molecule has 1 N–H and O–H groups in total. The maximum atomic E-state index is 12.8. The van der Waals surface area contributed by atoms with Gasteiger partial charge in [0.2, 0.25) is 5.91 Å². The first-order valence-electron chi connectivity index (χ1n) is 8.97. The van der Waals surface area contributed by atoms with Crippen LogP contribution in [-0.2, 0) is 4.79 Å². The minimum absolute atomic E-state index is 0.184. The van der Waals surface area contributed by atoms with Crippen molar-refractivity contribution in [1.29, 1.82) is 0 Å². The van der Waals surface area contributed by atoms with Crippen molar-refractivity contribution in [1.82, 2.24) is 5.32 Å². The molecule has 5 fully saturated rings. The molecule has 5 rings (SSSR count). The molecular weight excluding hydrogens is 406 g/mol. The highest BCUT2D eigenvalue weighted by molar-refractivity contribution is 9.25. The van der Waals surface area contributed by atoms with Crippen LogP contribution < -0.4 is 5.32 Å². The minimum atomic E-state index is -0.289. The van der Waals surface area contributed by atoms with Crippen LogP contribution in [0.2, 0.25) is 0 Å². The molecule has 2 nitrogen and oxygen atoms in total. The fourth-order valence-electron chi connectivity index (χ4n) is 6.26. The van der Waals surface area contributed by atoms with Crippen LogP contribution in [0.15, 0.2) is 0 Å². The van der Waals surface area contributed by atoms with Crippen molar-refractivity contribution < 1.29 is 4.79 Å². The van der Waals surface area contributed by atoms with Gasteiger partial charge in [-0.25, -0.2) is 0 Å². The third-order valence-corrected chi connectivity index (χ3v) is 9.61. The molecule has 4 heteroatoms. The fraction of sp³-hybridized carbons (Fsp3) is 0.944. The van der Waals surface area contributed by atoms with Crippen molar-refractivity contribution in [2.75, 3.05) is 0 Å². The van der Waals surface area contributed by atoms with E-state index >= 15 is 0 Å². The van der Waals surface area contributed by atoms with Gasteiger partial charge in [0, 0.05) is 6.04 Å². The summed E-state index contributed by atoms with van der Waals surface area (Å²) in [5.41, 5.74) is 0.119. The van der Waals surface area contributed by atoms with Crippen molar-refractivity contribution in [3.63, 3.8) is 0 Å². The number of amides is 1. The van der Waals surface area contributed by atoms with Crippen molar-refractivity contribution in [2.24, 2.45) is 28.6 Å². The zero-order valence-electron chi connectivity index (χ0n) is 13.6. The molecule has 0 aliphatic heterocycles. The molecule has 0 radical (unpaired) electrons. The lowest BCUT2D eigenvalue weighted by molar-refractivity contribution is -0.131. The lowest BCUT2D eigenvalue weighted by atomic mass is 9.47. The summed E-state index contributed by atoms with van der Waals surface area (Å²) in [5, 5.41) is 3.48. The number of rotatable bonds is 4. The molecule has 5 saturated carbocycles. The average molecular weight is 433 g/mol. The third-order valence-electron chi connectivity index (χ3n) is 7.30. The third kappa shape index (κ3) is 2.26. The topological polar surface area (TPSA) is 29.1 Å². The van der Waals surface area contributed by atoms with Crippen LogP contribution >= 0.6 is 31.9 Å². The molecule has 0 aromatic rings. The van der Waals surface area contributed by atoms with E-state index in [0.29, 0.717) is 11.5 Å². The van der Waals surface area contributed by atoms with Crippen LogP contribution in [0.5, 0.6) is 0 Å². The standard InChI is InChI=1S/C18H27Br2NO/c1-3-14(21-15(22)16(2)10-18(16,19)20)17-7-11-4-12(8-17)6-13(5-11)9-17/h11-14H,3-10H2,1-2H3,(H,21,22). The molecule has 0 spiro atoms. The highest BCUT2D eigenvalue weighted by Gasteiger charge is 2.67. The van der Waals surface area contributed by atoms with Gasteiger partial charge >= 0.3 is 0 Å². The SMILES string of the molecule is CCC(NC(=O)C1(C)CC1(Br)Br)C12CC3CC(CC(C3)C1)C2. The van der Waals surface area contributed by atoms with Crippen molar-refractivity contribution >= 4 is 37.8 Å². The molecular formula is C18H27Br2NO. The number of halogens is 2. The number of hydrogen-bond acceptors (Lipinski definition) is 1. The Hall–Kier alpha value is 0.430. The molecule has 0 heterocycles. The van der Waals surface area contributed by atoms with E-state index in [1.54, 1.807) is 0 Å². The average Bonchev–Trinajstić information content (AvgIpc) is 2.94. The van der Waals surface area contributed by atoms with Crippen LogP contribution in [-0.4, -0.2) is 15.2 Å². The summed E-state index contributed by atoms with van der Waals surface area (Å²) in [6.07, 6.45) is 10.4. The number of carbonyl (C=O) groups excluding carboxylic acids is 1. The Bertz CT molecular complexity index is 468. The predicted molar refractivity (Wildman–Crippen MR) is 96.1 cm³/mol. The maximum Gasteiger partial charge on any atom is 0.228 e. The quantitative estimate of drug-likeness (QED) is 0.622. The Labute approximate surface area is 150 Å². The van der Waals surface area contributed by atoms with Gasteiger partial charge in [0.1, 0.15) is 0 Å². The molecule has 5 aliphatic rings. The van der Waals surface area contributed by atoms with Gasteiger partial charge in [0.05, 0.1) is 8.65 Å². The van der Waals surface area contributed by atoms with E-state index in [2.05, 4.69) is 51.0 Å². The van der Waals surface area contributed by atoms with E-state index in [4.69, 9.17) is 0 Å². The van der Waals surface area contributed by atoms with Gasteiger partial charge < -0.3 is 5.32 Å². The zero-order chi connectivity index (χ0) is 15.8. The summed E-state index contributed by atoms with van der Waals surface area (Å²) >= 11 is 7.28. The Kier molecular flexibility index (Phi) is 3.60. The highest BCUT2D eigenvalue weighted by Crippen LogP contribution is 2.67. The Balaban J connectivity index is 1.52. The molecule has 4 bridgehead atoms. The number of hydrogen-bond donors (Lipinski definition) is 1. The van der Waals surface area contributed by atoms with E-state index in [-0.39, 0.29) is 14.6 Å². The number of nitrogens with one attached hydrogen (secondary N) is 1. The zero-order valence-corrected chi connectivity index (χ0v) is 16.8. The van der Waals surface area contributed by atoms with Gasteiger partial charge in [-0.2, -0.15) is 0 Å². The van der Waals surface area contributed by atoms with Gasteiger partial charge in [0.15, 0.2) is 0 Å².